The molecular weight excluding hydrogens is 160 g/mol. The molecular formula is C8H12O4. The van der Waals surface area contributed by atoms with E-state index < -0.39 is 5.97 Å². The highest BCUT2D eigenvalue weighted by molar-refractivity contribution is 5.70. The topological polar surface area (TPSA) is 63.6 Å². The highest BCUT2D eigenvalue weighted by atomic mass is 16.5. The minimum absolute atomic E-state index is 0.151. The Balaban J connectivity index is 2.23. The minimum Gasteiger partial charge on any atom is -0.481 e. The Kier molecular flexibility index (Phi) is 3.08. The Morgan fingerprint density at radius 3 is 3.00 bits per heavy atom. The van der Waals surface area contributed by atoms with Gasteiger partial charge in [0.15, 0.2) is 0 Å². The van der Waals surface area contributed by atoms with Crippen LogP contribution in [0.1, 0.15) is 25.7 Å². The van der Waals surface area contributed by atoms with Gasteiger partial charge in [-0.25, -0.2) is 0 Å². The Bertz CT molecular complexity index is 187. The maximum atomic E-state index is 10.7. The summed E-state index contributed by atoms with van der Waals surface area (Å²) in [5.74, 6) is -0.784. The molecule has 0 aromatic heterocycles. The summed E-state index contributed by atoms with van der Waals surface area (Å²) in [5.41, 5.74) is 0. The molecule has 1 fully saturated rings. The third-order valence-electron chi connectivity index (χ3n) is 2.01. The molecule has 1 unspecified atom stereocenters. The van der Waals surface area contributed by atoms with Crippen LogP contribution in [-0.4, -0.2) is 23.7 Å². The van der Waals surface area contributed by atoms with E-state index in [4.69, 9.17) is 9.84 Å². The average molecular weight is 172 g/mol. The largest absolute Gasteiger partial charge is 0.481 e. The standard InChI is InChI=1S/C8H12O4/c9-7(10)2-1-6-3-4-12-8(11)5-6/h6H,1-5H2,(H,9,10). The van der Waals surface area contributed by atoms with E-state index in [2.05, 4.69) is 0 Å². The number of rotatable bonds is 3. The highest BCUT2D eigenvalue weighted by Crippen LogP contribution is 2.20. The van der Waals surface area contributed by atoms with E-state index in [0.29, 0.717) is 19.4 Å². The van der Waals surface area contributed by atoms with Crippen molar-refractivity contribution in [1.82, 2.24) is 0 Å². The summed E-state index contributed by atoms with van der Waals surface area (Å²) in [5, 5.41) is 8.39. The predicted octanol–water partition coefficient (Wildman–Crippen LogP) is 0.804. The molecule has 68 valence electrons. The molecule has 1 rings (SSSR count). The molecule has 1 N–H and O–H groups in total. The molecule has 1 heterocycles. The van der Waals surface area contributed by atoms with E-state index in [9.17, 15) is 9.59 Å². The minimum atomic E-state index is -0.797. The lowest BCUT2D eigenvalue weighted by atomic mass is 9.95. The molecule has 4 nitrogen and oxygen atoms in total. The first-order valence-corrected chi connectivity index (χ1v) is 4.06. The number of carboxylic acids is 1. The molecule has 0 aromatic rings. The van der Waals surface area contributed by atoms with E-state index in [1.54, 1.807) is 0 Å². The fourth-order valence-corrected chi connectivity index (χ4v) is 1.31. The second-order valence-corrected chi connectivity index (χ2v) is 3.01. The van der Waals surface area contributed by atoms with Crippen molar-refractivity contribution < 1.29 is 19.4 Å². The van der Waals surface area contributed by atoms with Gasteiger partial charge in [-0.3, -0.25) is 9.59 Å². The number of esters is 1. The van der Waals surface area contributed by atoms with E-state index in [1.807, 2.05) is 0 Å². The molecule has 0 amide bonds. The van der Waals surface area contributed by atoms with Crippen LogP contribution < -0.4 is 0 Å². The first-order valence-electron chi connectivity index (χ1n) is 4.06. The third kappa shape index (κ3) is 2.90. The molecule has 1 aliphatic heterocycles. The van der Waals surface area contributed by atoms with Crippen molar-refractivity contribution in [2.24, 2.45) is 5.92 Å². The number of hydrogen-bond donors (Lipinski definition) is 1. The molecule has 0 bridgehead atoms. The van der Waals surface area contributed by atoms with E-state index >= 15 is 0 Å². The number of ether oxygens (including phenoxy) is 1. The van der Waals surface area contributed by atoms with Gasteiger partial charge in [-0.1, -0.05) is 0 Å². The summed E-state index contributed by atoms with van der Waals surface area (Å²) in [6.07, 6.45) is 1.93. The molecule has 0 spiro atoms. The molecule has 0 aliphatic carbocycles. The first kappa shape index (κ1) is 9.03. The van der Waals surface area contributed by atoms with Gasteiger partial charge < -0.3 is 9.84 Å². The summed E-state index contributed by atoms with van der Waals surface area (Å²) >= 11 is 0. The van der Waals surface area contributed by atoms with Crippen LogP contribution >= 0.6 is 0 Å². The number of hydrogen-bond acceptors (Lipinski definition) is 3. The van der Waals surface area contributed by atoms with Crippen LogP contribution in [0.15, 0.2) is 0 Å². The summed E-state index contributed by atoms with van der Waals surface area (Å²) in [6.45, 7) is 0.448. The van der Waals surface area contributed by atoms with Gasteiger partial charge in [-0.2, -0.15) is 0 Å². The predicted molar refractivity (Wildman–Crippen MR) is 40.6 cm³/mol. The zero-order chi connectivity index (χ0) is 8.97. The Hall–Kier alpha value is -1.06. The second kappa shape index (κ2) is 4.09. The summed E-state index contributed by atoms with van der Waals surface area (Å²) in [7, 11) is 0. The van der Waals surface area contributed by atoms with Gasteiger partial charge >= 0.3 is 11.9 Å². The SMILES string of the molecule is O=C(O)CCC1CCOC(=O)C1. The molecule has 1 saturated heterocycles. The molecule has 4 heteroatoms. The van der Waals surface area contributed by atoms with Crippen LogP contribution in [0, 0.1) is 5.92 Å². The van der Waals surface area contributed by atoms with Crippen LogP contribution in [0.3, 0.4) is 0 Å². The average Bonchev–Trinajstić information content (AvgIpc) is 2.01. The van der Waals surface area contributed by atoms with Crippen molar-refractivity contribution in [3.05, 3.63) is 0 Å². The van der Waals surface area contributed by atoms with Crippen LogP contribution in [0.4, 0.5) is 0 Å². The third-order valence-corrected chi connectivity index (χ3v) is 2.01. The van der Waals surface area contributed by atoms with Crippen LogP contribution in [-0.2, 0) is 14.3 Å². The summed E-state index contributed by atoms with van der Waals surface area (Å²) in [4.78, 5) is 21.0. The Labute approximate surface area is 70.5 Å². The molecule has 1 aliphatic rings. The first-order chi connectivity index (χ1) is 5.68. The lowest BCUT2D eigenvalue weighted by Crippen LogP contribution is -2.21. The van der Waals surface area contributed by atoms with Crippen LogP contribution in [0.5, 0.6) is 0 Å². The van der Waals surface area contributed by atoms with Crippen LogP contribution in [0.25, 0.3) is 0 Å². The van der Waals surface area contributed by atoms with E-state index in [1.165, 1.54) is 0 Å². The maximum Gasteiger partial charge on any atom is 0.306 e. The van der Waals surface area contributed by atoms with Crippen molar-refractivity contribution in [2.75, 3.05) is 6.61 Å². The molecule has 0 radical (unpaired) electrons. The zero-order valence-corrected chi connectivity index (χ0v) is 6.78. The normalized spacial score (nSPS) is 23.3. The lowest BCUT2D eigenvalue weighted by Gasteiger charge is -2.20. The molecule has 1 atom stereocenters. The van der Waals surface area contributed by atoms with Gasteiger partial charge in [0.2, 0.25) is 0 Å². The van der Waals surface area contributed by atoms with Crippen molar-refractivity contribution in [3.8, 4) is 0 Å². The maximum absolute atomic E-state index is 10.7. The van der Waals surface area contributed by atoms with Gasteiger partial charge in [0.05, 0.1) is 6.61 Å². The van der Waals surface area contributed by atoms with Crippen molar-refractivity contribution in [2.45, 2.75) is 25.7 Å². The smallest absolute Gasteiger partial charge is 0.306 e. The lowest BCUT2D eigenvalue weighted by molar-refractivity contribution is -0.150. The Morgan fingerprint density at radius 1 is 1.67 bits per heavy atom. The quantitative estimate of drug-likeness (QED) is 0.639. The monoisotopic (exact) mass is 172 g/mol. The van der Waals surface area contributed by atoms with Crippen molar-refractivity contribution in [1.29, 1.82) is 0 Å². The van der Waals surface area contributed by atoms with Gasteiger partial charge in [-0.05, 0) is 18.8 Å². The fourth-order valence-electron chi connectivity index (χ4n) is 1.31. The number of cyclic esters (lactones) is 1. The number of carboxylic acid groups (broad SMARTS) is 1. The van der Waals surface area contributed by atoms with Gasteiger partial charge in [0, 0.05) is 12.8 Å². The summed E-state index contributed by atoms with van der Waals surface area (Å²) in [6, 6.07) is 0. The molecule has 0 saturated carbocycles. The van der Waals surface area contributed by atoms with Gasteiger partial charge in [-0.15, -0.1) is 0 Å². The zero-order valence-electron chi connectivity index (χ0n) is 6.78. The van der Waals surface area contributed by atoms with Crippen molar-refractivity contribution in [3.63, 3.8) is 0 Å². The number of aliphatic carboxylic acids is 1. The van der Waals surface area contributed by atoms with E-state index in [0.717, 1.165) is 6.42 Å². The fraction of sp³-hybridized carbons (Fsp3) is 0.750. The number of carbonyl (C=O) groups excluding carboxylic acids is 1. The summed E-state index contributed by atoms with van der Waals surface area (Å²) < 4.78 is 4.73. The van der Waals surface area contributed by atoms with Gasteiger partial charge in [0.25, 0.3) is 0 Å². The van der Waals surface area contributed by atoms with Crippen LogP contribution in [0.2, 0.25) is 0 Å². The highest BCUT2D eigenvalue weighted by Gasteiger charge is 2.20. The molecule has 0 aromatic carbocycles. The van der Waals surface area contributed by atoms with E-state index in [-0.39, 0.29) is 18.3 Å². The van der Waals surface area contributed by atoms with Crippen molar-refractivity contribution >= 4 is 11.9 Å². The molecule has 12 heavy (non-hydrogen) atoms. The Morgan fingerprint density at radius 2 is 2.42 bits per heavy atom. The second-order valence-electron chi connectivity index (χ2n) is 3.01. The van der Waals surface area contributed by atoms with Gasteiger partial charge in [0.1, 0.15) is 0 Å². The number of carbonyl (C=O) groups is 2.